The molecular weight excluding hydrogens is 228 g/mol. The standard InChI is InChI=1S/C14H18N2O2/c1-5-12-11-8-14(18-4)13(17-3)7-10(11)6-9(2)15-16-12/h7-8H,5-6H2,1-4H3. The van der Waals surface area contributed by atoms with Gasteiger partial charge in [-0.3, -0.25) is 0 Å². The fourth-order valence-electron chi connectivity index (χ4n) is 2.11. The third-order valence-corrected chi connectivity index (χ3v) is 3.04. The summed E-state index contributed by atoms with van der Waals surface area (Å²) in [4.78, 5) is 0. The normalized spacial score (nSPS) is 14.2. The average molecular weight is 246 g/mol. The minimum Gasteiger partial charge on any atom is -0.493 e. The van der Waals surface area contributed by atoms with Crippen LogP contribution in [0.15, 0.2) is 22.3 Å². The summed E-state index contributed by atoms with van der Waals surface area (Å²) in [5.41, 5.74) is 4.29. The number of hydrogen-bond donors (Lipinski definition) is 0. The number of nitrogens with zero attached hydrogens (tertiary/aromatic N) is 2. The van der Waals surface area contributed by atoms with Crippen LogP contribution in [0.25, 0.3) is 0 Å². The molecule has 1 aliphatic heterocycles. The minimum absolute atomic E-state index is 0.733. The van der Waals surface area contributed by atoms with Gasteiger partial charge in [0.05, 0.1) is 19.9 Å². The molecular formula is C14H18N2O2. The van der Waals surface area contributed by atoms with Gasteiger partial charge in [0, 0.05) is 17.7 Å². The van der Waals surface area contributed by atoms with Crippen molar-refractivity contribution < 1.29 is 9.47 Å². The van der Waals surface area contributed by atoms with Gasteiger partial charge in [-0.25, -0.2) is 0 Å². The zero-order chi connectivity index (χ0) is 13.1. The number of rotatable bonds is 3. The van der Waals surface area contributed by atoms with E-state index in [1.54, 1.807) is 14.2 Å². The van der Waals surface area contributed by atoms with Crippen LogP contribution in [0.2, 0.25) is 0 Å². The number of methoxy groups -OCH3 is 2. The van der Waals surface area contributed by atoms with Gasteiger partial charge in [0.2, 0.25) is 0 Å². The highest BCUT2D eigenvalue weighted by atomic mass is 16.5. The predicted octanol–water partition coefficient (Wildman–Crippen LogP) is 2.83. The van der Waals surface area contributed by atoms with Gasteiger partial charge in [0.25, 0.3) is 0 Å². The van der Waals surface area contributed by atoms with Crippen molar-refractivity contribution in [2.75, 3.05) is 14.2 Å². The molecule has 4 heteroatoms. The lowest BCUT2D eigenvalue weighted by atomic mass is 9.97. The van der Waals surface area contributed by atoms with E-state index in [0.717, 1.165) is 41.3 Å². The Bertz CT molecular complexity index is 519. The van der Waals surface area contributed by atoms with E-state index in [9.17, 15) is 0 Å². The number of benzene rings is 1. The summed E-state index contributed by atoms with van der Waals surface area (Å²) >= 11 is 0. The highest BCUT2D eigenvalue weighted by Gasteiger charge is 2.17. The second kappa shape index (κ2) is 5.21. The first-order chi connectivity index (χ1) is 8.69. The molecule has 0 bridgehead atoms. The molecule has 1 aromatic carbocycles. The second-order valence-electron chi connectivity index (χ2n) is 4.28. The maximum Gasteiger partial charge on any atom is 0.161 e. The SMILES string of the molecule is CCC1=NN=C(C)Cc2cc(OC)c(OC)cc21. The molecule has 18 heavy (non-hydrogen) atoms. The summed E-state index contributed by atoms with van der Waals surface area (Å²) in [5, 5.41) is 8.53. The summed E-state index contributed by atoms with van der Waals surface area (Å²) < 4.78 is 10.7. The van der Waals surface area contributed by atoms with Gasteiger partial charge in [0.1, 0.15) is 0 Å². The zero-order valence-corrected chi connectivity index (χ0v) is 11.3. The van der Waals surface area contributed by atoms with Crippen LogP contribution >= 0.6 is 0 Å². The van der Waals surface area contributed by atoms with Crippen molar-refractivity contribution in [2.24, 2.45) is 10.2 Å². The first kappa shape index (κ1) is 12.6. The van der Waals surface area contributed by atoms with Crippen molar-refractivity contribution in [3.63, 3.8) is 0 Å². The molecule has 0 spiro atoms. The molecule has 96 valence electrons. The lowest BCUT2D eigenvalue weighted by molar-refractivity contribution is 0.354. The van der Waals surface area contributed by atoms with Crippen molar-refractivity contribution in [3.05, 3.63) is 23.3 Å². The van der Waals surface area contributed by atoms with Gasteiger partial charge < -0.3 is 9.47 Å². The van der Waals surface area contributed by atoms with Gasteiger partial charge in [0.15, 0.2) is 11.5 Å². The Kier molecular flexibility index (Phi) is 3.65. The van der Waals surface area contributed by atoms with E-state index in [1.807, 2.05) is 19.1 Å². The van der Waals surface area contributed by atoms with Crippen LogP contribution < -0.4 is 9.47 Å². The molecule has 0 unspecified atom stereocenters. The topological polar surface area (TPSA) is 43.2 Å². The van der Waals surface area contributed by atoms with Crippen molar-refractivity contribution in [1.82, 2.24) is 0 Å². The van der Waals surface area contributed by atoms with E-state index in [-0.39, 0.29) is 0 Å². The number of fused-ring (bicyclic) bond motifs is 1. The molecule has 0 N–H and O–H groups in total. The Labute approximate surface area is 107 Å². The quantitative estimate of drug-likeness (QED) is 0.823. The molecule has 0 saturated carbocycles. The molecule has 2 rings (SSSR count). The van der Waals surface area contributed by atoms with Crippen molar-refractivity contribution >= 4 is 11.4 Å². The molecule has 0 atom stereocenters. The van der Waals surface area contributed by atoms with Crippen LogP contribution in [0.5, 0.6) is 11.5 Å². The Hall–Kier alpha value is -1.84. The van der Waals surface area contributed by atoms with Gasteiger partial charge >= 0.3 is 0 Å². The van der Waals surface area contributed by atoms with Crippen molar-refractivity contribution in [3.8, 4) is 11.5 Å². The number of ether oxygens (including phenoxy) is 2. The van der Waals surface area contributed by atoms with E-state index in [0.29, 0.717) is 0 Å². The smallest absolute Gasteiger partial charge is 0.161 e. The fourth-order valence-corrected chi connectivity index (χ4v) is 2.11. The molecule has 0 radical (unpaired) electrons. The Morgan fingerprint density at radius 2 is 1.78 bits per heavy atom. The van der Waals surface area contributed by atoms with E-state index in [2.05, 4.69) is 17.1 Å². The Morgan fingerprint density at radius 3 is 2.39 bits per heavy atom. The average Bonchev–Trinajstić information content (AvgIpc) is 2.54. The molecule has 1 heterocycles. The van der Waals surface area contributed by atoms with Gasteiger partial charge in [-0.2, -0.15) is 10.2 Å². The molecule has 0 aliphatic carbocycles. The predicted molar refractivity (Wildman–Crippen MR) is 73.2 cm³/mol. The Morgan fingerprint density at radius 1 is 1.11 bits per heavy atom. The third kappa shape index (κ3) is 2.23. The van der Waals surface area contributed by atoms with E-state index >= 15 is 0 Å². The first-order valence-electron chi connectivity index (χ1n) is 6.04. The minimum atomic E-state index is 0.733. The monoisotopic (exact) mass is 246 g/mol. The van der Waals surface area contributed by atoms with Crippen LogP contribution in [-0.2, 0) is 6.42 Å². The van der Waals surface area contributed by atoms with E-state index in [1.165, 1.54) is 5.56 Å². The molecule has 1 aliphatic rings. The van der Waals surface area contributed by atoms with Gasteiger partial charge in [-0.15, -0.1) is 0 Å². The van der Waals surface area contributed by atoms with Crippen molar-refractivity contribution in [2.45, 2.75) is 26.7 Å². The Balaban J connectivity index is 2.60. The summed E-state index contributed by atoms with van der Waals surface area (Å²) in [6, 6.07) is 4.01. The molecule has 0 amide bonds. The molecule has 1 aromatic rings. The highest BCUT2D eigenvalue weighted by Crippen LogP contribution is 2.32. The van der Waals surface area contributed by atoms with Gasteiger partial charge in [-0.05, 0) is 31.0 Å². The summed E-state index contributed by atoms with van der Waals surface area (Å²) in [6.45, 7) is 4.07. The fraction of sp³-hybridized carbons (Fsp3) is 0.429. The lowest BCUT2D eigenvalue weighted by Gasteiger charge is -2.13. The third-order valence-electron chi connectivity index (χ3n) is 3.04. The largest absolute Gasteiger partial charge is 0.493 e. The highest BCUT2D eigenvalue weighted by molar-refractivity contribution is 6.04. The molecule has 0 aromatic heterocycles. The summed E-state index contributed by atoms with van der Waals surface area (Å²) in [5.74, 6) is 1.48. The van der Waals surface area contributed by atoms with Crippen LogP contribution in [-0.4, -0.2) is 25.6 Å². The van der Waals surface area contributed by atoms with E-state index in [4.69, 9.17) is 9.47 Å². The van der Waals surface area contributed by atoms with Gasteiger partial charge in [-0.1, -0.05) is 6.92 Å². The molecule has 4 nitrogen and oxygen atoms in total. The first-order valence-corrected chi connectivity index (χ1v) is 6.04. The van der Waals surface area contributed by atoms with Crippen LogP contribution in [0.3, 0.4) is 0 Å². The zero-order valence-electron chi connectivity index (χ0n) is 11.3. The molecule has 0 fully saturated rings. The van der Waals surface area contributed by atoms with Crippen LogP contribution in [0, 0.1) is 0 Å². The summed E-state index contributed by atoms with van der Waals surface area (Å²) in [6.07, 6.45) is 1.64. The molecule has 0 saturated heterocycles. The maximum atomic E-state index is 5.35. The van der Waals surface area contributed by atoms with E-state index < -0.39 is 0 Å². The summed E-state index contributed by atoms with van der Waals surface area (Å²) in [7, 11) is 3.29. The van der Waals surface area contributed by atoms with Crippen LogP contribution in [0.1, 0.15) is 31.4 Å². The maximum absolute atomic E-state index is 5.35. The van der Waals surface area contributed by atoms with Crippen molar-refractivity contribution in [1.29, 1.82) is 0 Å². The second-order valence-corrected chi connectivity index (χ2v) is 4.28. The van der Waals surface area contributed by atoms with Crippen LogP contribution in [0.4, 0.5) is 0 Å². The lowest BCUT2D eigenvalue weighted by Crippen LogP contribution is -2.06. The number of hydrogen-bond acceptors (Lipinski definition) is 4.